The van der Waals surface area contributed by atoms with Crippen molar-refractivity contribution in [2.45, 2.75) is 288 Å². The molecule has 16 fully saturated rings. The zero-order chi connectivity index (χ0) is 54.2. The van der Waals surface area contributed by atoms with E-state index in [-0.39, 0.29) is 164 Å². The number of aliphatic hydroxyl groups excluding tert-OH is 3. The Bertz CT molecular complexity index is 2250. The van der Waals surface area contributed by atoms with Crippen molar-refractivity contribution in [2.24, 2.45) is 29.6 Å². The summed E-state index contributed by atoms with van der Waals surface area (Å²) in [6, 6.07) is 0. The van der Waals surface area contributed by atoms with E-state index >= 15 is 0 Å². The summed E-state index contributed by atoms with van der Waals surface area (Å²) in [4.78, 5) is 14.5. The first kappa shape index (κ1) is 55.2. The van der Waals surface area contributed by atoms with Crippen LogP contribution in [0.15, 0.2) is 24.3 Å². The molecular formula is C60H88O19. The van der Waals surface area contributed by atoms with Crippen molar-refractivity contribution >= 4 is 5.97 Å². The van der Waals surface area contributed by atoms with Crippen molar-refractivity contribution in [3.05, 3.63) is 24.3 Å². The zero-order valence-corrected chi connectivity index (χ0v) is 46.7. The van der Waals surface area contributed by atoms with E-state index in [0.29, 0.717) is 71.2 Å². The molecule has 16 heterocycles. The number of fused-ring (bicyclic) bond motifs is 6. The third-order valence-corrected chi connectivity index (χ3v) is 21.4. The predicted octanol–water partition coefficient (Wildman–Crippen LogP) is 4.68. The topological polar surface area (TPSA) is 216 Å². The molecule has 16 aliphatic rings. The minimum Gasteiger partial charge on any atom is -0.459 e. The molecule has 11 bridgehead atoms. The fourth-order valence-electron chi connectivity index (χ4n) is 17.5. The largest absolute Gasteiger partial charge is 0.459 e. The Morgan fingerprint density at radius 3 is 2.13 bits per heavy atom. The maximum atomic E-state index is 14.5. The SMILES string of the molecule is C=C1C[C@@H]2CCOC[C@H]3[C@@H]4O[C@H]5CC[C@H](CC(=O)O[C@@H]6[C@@H](C)[C@@H]7O[C@@H]8C[C@]9(C[C@@H]%10O[C@]%11(C[C@H](C)[C@@H]%12O[C@H]([C@@H](O)C[C@@H](O)CO)C[C@@H]%12O%11)C[C@H](C)[C@@H]%10O9)O[C@@H]8C[C@@H]7O[C@H]6C[C@H]6O[C@@H](CC[C@@H]1O2)C[C@@H](C)C6=C)O[C@@H]5[C@@H]1OC[C@@H]3O[C@@H]14. The molecule has 79 heavy (non-hydrogen) atoms. The normalized spacial score (nSPS) is 55.1. The van der Waals surface area contributed by atoms with Gasteiger partial charge in [0.1, 0.15) is 24.4 Å². The molecule has 16 aliphatic heterocycles. The Labute approximate surface area is 464 Å². The van der Waals surface area contributed by atoms with E-state index in [1.165, 1.54) is 0 Å². The van der Waals surface area contributed by atoms with Crippen molar-refractivity contribution in [2.75, 3.05) is 26.4 Å². The lowest BCUT2D eigenvalue weighted by Gasteiger charge is -2.50. The van der Waals surface area contributed by atoms with E-state index in [9.17, 15) is 20.1 Å². The molecule has 0 unspecified atom stereocenters. The highest BCUT2D eigenvalue weighted by atomic mass is 16.8. The molecule has 16 rings (SSSR count). The molecule has 0 aromatic carbocycles. The summed E-state index contributed by atoms with van der Waals surface area (Å²) < 4.78 is 102. The Morgan fingerprint density at radius 1 is 0.557 bits per heavy atom. The van der Waals surface area contributed by atoms with Crippen LogP contribution < -0.4 is 0 Å². The van der Waals surface area contributed by atoms with Gasteiger partial charge in [0.25, 0.3) is 0 Å². The second-order valence-corrected chi connectivity index (χ2v) is 27.0. The second-order valence-electron chi connectivity index (χ2n) is 27.0. The molecule has 0 radical (unpaired) electrons. The molecule has 442 valence electrons. The lowest BCUT2D eigenvalue weighted by atomic mass is 9.79. The van der Waals surface area contributed by atoms with E-state index < -0.39 is 48.7 Å². The van der Waals surface area contributed by atoms with Crippen LogP contribution in [0.2, 0.25) is 0 Å². The fourth-order valence-corrected chi connectivity index (χ4v) is 17.5. The van der Waals surface area contributed by atoms with Gasteiger partial charge in [-0.1, -0.05) is 40.9 Å². The molecule has 19 nitrogen and oxygen atoms in total. The number of carbonyl (C=O) groups excluding carboxylic acids is 1. The molecule has 16 saturated heterocycles. The summed E-state index contributed by atoms with van der Waals surface area (Å²) in [7, 11) is 0. The third-order valence-electron chi connectivity index (χ3n) is 21.4. The van der Waals surface area contributed by atoms with Gasteiger partial charge in [-0.3, -0.25) is 4.79 Å². The molecule has 0 aromatic rings. The van der Waals surface area contributed by atoms with Crippen LogP contribution in [0, 0.1) is 29.6 Å². The van der Waals surface area contributed by atoms with Crippen LogP contribution >= 0.6 is 0 Å². The minimum atomic E-state index is -1.02. The Hall–Kier alpha value is -1.73. The van der Waals surface area contributed by atoms with Crippen molar-refractivity contribution in [3.8, 4) is 0 Å². The Balaban J connectivity index is 0.675. The van der Waals surface area contributed by atoms with Gasteiger partial charge in [0.2, 0.25) is 0 Å². The molecule has 2 spiro atoms. The molecule has 31 atom stereocenters. The minimum absolute atomic E-state index is 0.0135. The van der Waals surface area contributed by atoms with Gasteiger partial charge in [0, 0.05) is 69.8 Å². The van der Waals surface area contributed by atoms with Crippen LogP contribution in [0.5, 0.6) is 0 Å². The van der Waals surface area contributed by atoms with E-state index in [2.05, 4.69) is 40.9 Å². The van der Waals surface area contributed by atoms with Crippen molar-refractivity contribution in [3.63, 3.8) is 0 Å². The molecular weight excluding hydrogens is 1020 g/mol. The maximum absolute atomic E-state index is 14.5. The van der Waals surface area contributed by atoms with Crippen molar-refractivity contribution in [1.82, 2.24) is 0 Å². The second kappa shape index (κ2) is 21.7. The molecule has 0 amide bonds. The zero-order valence-electron chi connectivity index (χ0n) is 46.7. The third kappa shape index (κ3) is 10.3. The Morgan fingerprint density at radius 2 is 1.28 bits per heavy atom. The fraction of sp³-hybridized carbons (Fsp3) is 0.917. The average Bonchev–Trinajstić information content (AvgIpc) is 4.40. The van der Waals surface area contributed by atoms with E-state index in [1.807, 2.05) is 0 Å². The van der Waals surface area contributed by atoms with Gasteiger partial charge in [0.15, 0.2) is 11.6 Å². The molecule has 0 aliphatic carbocycles. The number of ether oxygens (including phenoxy) is 15. The van der Waals surface area contributed by atoms with Crippen LogP contribution in [0.25, 0.3) is 0 Å². The van der Waals surface area contributed by atoms with Crippen LogP contribution in [-0.2, 0) is 75.8 Å². The van der Waals surface area contributed by atoms with Gasteiger partial charge < -0.3 is 86.4 Å². The van der Waals surface area contributed by atoms with Gasteiger partial charge in [-0.2, -0.15) is 0 Å². The van der Waals surface area contributed by atoms with Gasteiger partial charge in [-0.15, -0.1) is 0 Å². The number of rotatable bonds is 4. The summed E-state index contributed by atoms with van der Waals surface area (Å²) in [5.41, 5.74) is 2.15. The number of hydrogen-bond acceptors (Lipinski definition) is 19. The van der Waals surface area contributed by atoms with Gasteiger partial charge in [-0.25, -0.2) is 0 Å². The van der Waals surface area contributed by atoms with Gasteiger partial charge in [0.05, 0.1) is 148 Å². The highest BCUT2D eigenvalue weighted by Crippen LogP contribution is 2.56. The molecule has 0 saturated carbocycles. The van der Waals surface area contributed by atoms with Crippen molar-refractivity contribution in [1.29, 1.82) is 0 Å². The summed E-state index contributed by atoms with van der Waals surface area (Å²) >= 11 is 0. The molecule has 3 N–H and O–H groups in total. The summed E-state index contributed by atoms with van der Waals surface area (Å²) in [5, 5.41) is 30.3. The van der Waals surface area contributed by atoms with Crippen LogP contribution in [0.4, 0.5) is 0 Å². The lowest BCUT2D eigenvalue weighted by Crippen LogP contribution is -2.62. The average molecular weight is 1110 g/mol. The van der Waals surface area contributed by atoms with E-state index in [0.717, 1.165) is 49.7 Å². The Kier molecular flexibility index (Phi) is 15.1. The highest BCUT2D eigenvalue weighted by Gasteiger charge is 2.66. The summed E-state index contributed by atoms with van der Waals surface area (Å²) in [6.07, 6.45) is 1.55. The molecule has 0 aromatic heterocycles. The van der Waals surface area contributed by atoms with Gasteiger partial charge in [-0.05, 0) is 73.8 Å². The predicted molar refractivity (Wildman–Crippen MR) is 276 cm³/mol. The quantitative estimate of drug-likeness (QED) is 0.257. The maximum Gasteiger partial charge on any atom is 0.308 e. The van der Waals surface area contributed by atoms with Crippen LogP contribution in [-0.4, -0.2) is 206 Å². The number of hydrogen-bond donors (Lipinski definition) is 3. The standard InChI is InChI=1S/C60H88O19/c1-27-13-34-7-9-39-28(2)14-36(67-39)11-12-65-25-37-49-26-66-57-56-40(71-55(37)58(57)74-49)10-8-35(69-56)16-50(64)75-54-32(6)53-45(70-44(54)17-41(68-34)31(27)5)19-43-47(73-53)22-60(76-43)23-48-52(79-60)30(4)21-59(78-48)20-29(3)51-46(77-59)18-42(72-51)38(63)15-33(62)24-61/h27,29-30,32-49,51-58,61-63H,2,5,7-26H2,1,3-4,6H3/t27-,29+,30+,32+,33-,34+,35-,36+,37-,38+,39+,40+,41-,42+,43-,44+,45+,46+,47-,48+,49+,51+,52+,53+,54-,55+,56+,57+,58-,59-,60+/m1/s1. The highest BCUT2D eigenvalue weighted by molar-refractivity contribution is 5.70. The van der Waals surface area contributed by atoms with Crippen LogP contribution in [0.3, 0.4) is 0 Å². The lowest BCUT2D eigenvalue weighted by molar-refractivity contribution is -0.347. The van der Waals surface area contributed by atoms with E-state index in [4.69, 9.17) is 71.1 Å². The smallest absolute Gasteiger partial charge is 0.308 e. The first-order chi connectivity index (χ1) is 38.1. The number of carbonyl (C=O) groups is 1. The molecule has 19 heteroatoms. The summed E-state index contributed by atoms with van der Waals surface area (Å²) in [6.45, 7) is 18.9. The van der Waals surface area contributed by atoms with E-state index in [1.54, 1.807) is 0 Å². The first-order valence-corrected chi connectivity index (χ1v) is 30.7. The number of esters is 1. The number of aliphatic hydroxyl groups is 3. The van der Waals surface area contributed by atoms with Crippen molar-refractivity contribution < 1.29 is 91.2 Å². The summed E-state index contributed by atoms with van der Waals surface area (Å²) in [5.74, 6) is -1.87. The monoisotopic (exact) mass is 1110 g/mol. The van der Waals surface area contributed by atoms with Gasteiger partial charge >= 0.3 is 5.97 Å². The first-order valence-electron chi connectivity index (χ1n) is 30.7. The van der Waals surface area contributed by atoms with Crippen LogP contribution in [0.1, 0.15) is 130 Å².